The van der Waals surface area contributed by atoms with Crippen molar-refractivity contribution < 1.29 is 24.2 Å². The molecule has 6 nitrogen and oxygen atoms in total. The van der Waals surface area contributed by atoms with Crippen LogP contribution in [0, 0.1) is 0 Å². The van der Waals surface area contributed by atoms with E-state index in [0.717, 1.165) is 19.3 Å². The van der Waals surface area contributed by atoms with Gasteiger partial charge in [0.25, 0.3) is 0 Å². The largest absolute Gasteiger partial charge is 0.466 e. The molecule has 0 bridgehead atoms. The van der Waals surface area contributed by atoms with E-state index in [1.165, 1.54) is 7.11 Å². The minimum Gasteiger partial charge on any atom is -0.466 e. The molecule has 1 heterocycles. The first-order valence-corrected chi connectivity index (χ1v) is 10.6. The van der Waals surface area contributed by atoms with Gasteiger partial charge in [0, 0.05) is 18.0 Å². The fraction of sp³-hybridized carbons (Fsp3) is 0.455. The summed E-state index contributed by atoms with van der Waals surface area (Å²) < 4.78 is 10.5. The molecular formula is C22H27Cl2NO5. The molecule has 1 atom stereocenters. The molecular weight excluding hydrogens is 429 g/mol. The van der Waals surface area contributed by atoms with Crippen LogP contribution in [0.3, 0.4) is 0 Å². The molecule has 0 saturated carbocycles. The lowest BCUT2D eigenvalue weighted by molar-refractivity contribution is -0.139. The summed E-state index contributed by atoms with van der Waals surface area (Å²) in [6, 6.07) is 5.09. The number of carbonyl (C=O) groups is 2. The number of carbonyl (C=O) groups excluding carboxylic acids is 2. The molecule has 0 aliphatic carbocycles. The van der Waals surface area contributed by atoms with Gasteiger partial charge in [0.2, 0.25) is 0 Å². The van der Waals surface area contributed by atoms with E-state index in [2.05, 4.69) is 5.32 Å². The summed E-state index contributed by atoms with van der Waals surface area (Å²) in [4.78, 5) is 25.6. The third kappa shape index (κ3) is 5.56. The molecule has 30 heavy (non-hydrogen) atoms. The Labute approximate surface area is 186 Å². The van der Waals surface area contributed by atoms with Crippen LogP contribution in [0.1, 0.15) is 51.0 Å². The molecule has 0 spiro atoms. The number of benzene rings is 1. The maximum absolute atomic E-state index is 13.0. The number of aliphatic hydroxyl groups is 1. The Bertz CT molecular complexity index is 863. The topological polar surface area (TPSA) is 84.9 Å². The standard InChI is InChI=1S/C22H27Cl2NO5/c1-13-17(21(27)29-3)19(15-9-8-10-16(23)20(15)24)18(14(2)25-13)22(28)30-12-7-5-4-6-11-26/h8-10,19,25-26H,4-7,11-12H2,1-3H3. The molecule has 2 rings (SSSR count). The molecule has 164 valence electrons. The monoisotopic (exact) mass is 455 g/mol. The highest BCUT2D eigenvalue weighted by molar-refractivity contribution is 6.42. The van der Waals surface area contributed by atoms with Crippen LogP contribution < -0.4 is 5.32 Å². The Kier molecular flexibility index (Phi) is 9.21. The third-order valence-corrected chi connectivity index (χ3v) is 5.80. The summed E-state index contributed by atoms with van der Waals surface area (Å²) in [7, 11) is 1.29. The summed E-state index contributed by atoms with van der Waals surface area (Å²) in [6.45, 7) is 3.89. The van der Waals surface area contributed by atoms with Crippen molar-refractivity contribution in [3.8, 4) is 0 Å². The lowest BCUT2D eigenvalue weighted by Gasteiger charge is -2.30. The predicted molar refractivity (Wildman–Crippen MR) is 116 cm³/mol. The second-order valence-electron chi connectivity index (χ2n) is 7.04. The van der Waals surface area contributed by atoms with E-state index < -0.39 is 17.9 Å². The molecule has 0 fully saturated rings. The number of hydrogen-bond acceptors (Lipinski definition) is 6. The van der Waals surface area contributed by atoms with Gasteiger partial charge in [0.1, 0.15) is 0 Å². The molecule has 0 radical (unpaired) electrons. The third-order valence-electron chi connectivity index (χ3n) is 4.96. The second-order valence-corrected chi connectivity index (χ2v) is 7.83. The molecule has 1 aliphatic heterocycles. The number of nitrogens with one attached hydrogen (secondary N) is 1. The highest BCUT2D eigenvalue weighted by atomic mass is 35.5. The second kappa shape index (κ2) is 11.4. The summed E-state index contributed by atoms with van der Waals surface area (Å²) >= 11 is 12.7. The smallest absolute Gasteiger partial charge is 0.336 e. The Balaban J connectivity index is 2.38. The predicted octanol–water partition coefficient (Wildman–Crippen LogP) is 4.50. The van der Waals surface area contributed by atoms with Gasteiger partial charge >= 0.3 is 11.9 Å². The van der Waals surface area contributed by atoms with Crippen LogP contribution in [0.5, 0.6) is 0 Å². The first kappa shape index (κ1) is 24.3. The zero-order chi connectivity index (χ0) is 22.3. The first-order valence-electron chi connectivity index (χ1n) is 9.82. The van der Waals surface area contributed by atoms with E-state index in [4.69, 9.17) is 37.8 Å². The van der Waals surface area contributed by atoms with Crippen LogP contribution in [0.15, 0.2) is 40.7 Å². The Morgan fingerprint density at radius 3 is 2.30 bits per heavy atom. The van der Waals surface area contributed by atoms with Crippen molar-refractivity contribution in [2.75, 3.05) is 20.3 Å². The fourth-order valence-electron chi connectivity index (χ4n) is 3.51. The number of ether oxygens (including phenoxy) is 2. The average molecular weight is 456 g/mol. The number of aliphatic hydroxyl groups excluding tert-OH is 1. The van der Waals surface area contributed by atoms with Crippen molar-refractivity contribution in [2.45, 2.75) is 45.4 Å². The van der Waals surface area contributed by atoms with Gasteiger partial charge in [-0.05, 0) is 44.7 Å². The fourth-order valence-corrected chi connectivity index (χ4v) is 3.93. The van der Waals surface area contributed by atoms with E-state index in [1.807, 2.05) is 0 Å². The number of hydrogen-bond donors (Lipinski definition) is 2. The van der Waals surface area contributed by atoms with E-state index in [-0.39, 0.29) is 23.8 Å². The zero-order valence-corrected chi connectivity index (χ0v) is 18.9. The van der Waals surface area contributed by atoms with Gasteiger partial charge in [-0.25, -0.2) is 9.59 Å². The van der Waals surface area contributed by atoms with Crippen LogP contribution in [0.4, 0.5) is 0 Å². The van der Waals surface area contributed by atoms with Gasteiger partial charge < -0.3 is 19.9 Å². The highest BCUT2D eigenvalue weighted by Gasteiger charge is 2.39. The Morgan fingerprint density at radius 2 is 1.67 bits per heavy atom. The molecule has 1 aromatic rings. The molecule has 0 amide bonds. The van der Waals surface area contributed by atoms with Gasteiger partial charge in [-0.1, -0.05) is 41.8 Å². The lowest BCUT2D eigenvalue weighted by atomic mass is 9.80. The maximum atomic E-state index is 13.0. The van der Waals surface area contributed by atoms with Crippen LogP contribution in [0.2, 0.25) is 10.0 Å². The molecule has 2 N–H and O–H groups in total. The molecule has 8 heteroatoms. The summed E-state index contributed by atoms with van der Waals surface area (Å²) in [5.41, 5.74) is 2.25. The Morgan fingerprint density at radius 1 is 1.03 bits per heavy atom. The minimum atomic E-state index is -0.771. The van der Waals surface area contributed by atoms with E-state index in [0.29, 0.717) is 34.0 Å². The summed E-state index contributed by atoms with van der Waals surface area (Å²) in [6.07, 6.45) is 3.13. The first-order chi connectivity index (χ1) is 14.3. The normalized spacial score (nSPS) is 16.4. The number of unbranched alkanes of at least 4 members (excludes halogenated alkanes) is 3. The van der Waals surface area contributed by atoms with Crippen LogP contribution >= 0.6 is 23.2 Å². The minimum absolute atomic E-state index is 0.154. The van der Waals surface area contributed by atoms with Crippen molar-refractivity contribution >= 4 is 35.1 Å². The zero-order valence-electron chi connectivity index (χ0n) is 17.4. The highest BCUT2D eigenvalue weighted by Crippen LogP contribution is 2.43. The quantitative estimate of drug-likeness (QED) is 0.421. The van der Waals surface area contributed by atoms with Crippen molar-refractivity contribution in [1.29, 1.82) is 0 Å². The molecule has 0 saturated heterocycles. The summed E-state index contributed by atoms with van der Waals surface area (Å²) in [5, 5.41) is 12.5. The molecule has 1 aromatic carbocycles. The van der Waals surface area contributed by atoms with Gasteiger partial charge in [-0.15, -0.1) is 0 Å². The number of esters is 2. The van der Waals surface area contributed by atoms with Crippen molar-refractivity contribution in [1.82, 2.24) is 5.32 Å². The van der Waals surface area contributed by atoms with Crippen molar-refractivity contribution in [2.24, 2.45) is 0 Å². The van der Waals surface area contributed by atoms with E-state index in [9.17, 15) is 9.59 Å². The van der Waals surface area contributed by atoms with Gasteiger partial charge in [-0.2, -0.15) is 0 Å². The van der Waals surface area contributed by atoms with Crippen LogP contribution in [0.25, 0.3) is 0 Å². The van der Waals surface area contributed by atoms with Crippen molar-refractivity contribution in [3.63, 3.8) is 0 Å². The Hall–Kier alpha value is -2.02. The lowest BCUT2D eigenvalue weighted by Crippen LogP contribution is -2.32. The number of halogens is 2. The van der Waals surface area contributed by atoms with E-state index >= 15 is 0 Å². The van der Waals surface area contributed by atoms with Crippen LogP contribution in [-0.4, -0.2) is 37.4 Å². The van der Waals surface area contributed by atoms with Gasteiger partial charge in [0.15, 0.2) is 0 Å². The average Bonchev–Trinajstić information content (AvgIpc) is 2.71. The molecule has 1 aliphatic rings. The number of dihydropyridines is 1. The summed E-state index contributed by atoms with van der Waals surface area (Å²) in [5.74, 6) is -1.87. The number of allylic oxidation sites excluding steroid dienone is 2. The maximum Gasteiger partial charge on any atom is 0.336 e. The van der Waals surface area contributed by atoms with Crippen LogP contribution in [-0.2, 0) is 19.1 Å². The SMILES string of the molecule is COC(=O)C1=C(C)NC(C)=C(C(=O)OCCCCCCO)C1c1cccc(Cl)c1Cl. The molecule has 0 aromatic heterocycles. The van der Waals surface area contributed by atoms with Gasteiger partial charge in [-0.3, -0.25) is 0 Å². The van der Waals surface area contributed by atoms with Gasteiger partial charge in [0.05, 0.1) is 40.8 Å². The molecule has 1 unspecified atom stereocenters. The number of methoxy groups -OCH3 is 1. The van der Waals surface area contributed by atoms with E-state index in [1.54, 1.807) is 32.0 Å². The van der Waals surface area contributed by atoms with Crippen molar-refractivity contribution in [3.05, 3.63) is 56.3 Å². The number of rotatable bonds is 9.